The lowest BCUT2D eigenvalue weighted by Gasteiger charge is -2.35. The summed E-state index contributed by atoms with van der Waals surface area (Å²) in [5.74, 6) is 1.18. The predicted octanol–water partition coefficient (Wildman–Crippen LogP) is 4.09. The molecule has 0 aliphatic carbocycles. The van der Waals surface area contributed by atoms with Crippen molar-refractivity contribution in [2.24, 2.45) is 10.9 Å². The average molecular weight is 348 g/mol. The minimum atomic E-state index is 0.0323. The average Bonchev–Trinajstić information content (AvgIpc) is 2.94. The molecule has 0 spiro atoms. The lowest BCUT2D eigenvalue weighted by atomic mass is 9.95. The maximum absolute atomic E-state index is 13.8. The van der Waals surface area contributed by atoms with Gasteiger partial charge in [0.15, 0.2) is 5.69 Å². The van der Waals surface area contributed by atoms with Crippen LogP contribution in [0.5, 0.6) is 0 Å². The fourth-order valence-corrected chi connectivity index (χ4v) is 4.33. The molecule has 4 rings (SSSR count). The topological polar surface area (TPSA) is 41.5 Å². The van der Waals surface area contributed by atoms with E-state index in [1.807, 2.05) is 25.1 Å². The van der Waals surface area contributed by atoms with Gasteiger partial charge >= 0.3 is 5.91 Å². The van der Waals surface area contributed by atoms with Crippen molar-refractivity contribution >= 4 is 23.1 Å². The number of fused-ring (bicyclic) bond motifs is 1. The van der Waals surface area contributed by atoms with E-state index in [0.29, 0.717) is 6.54 Å². The summed E-state index contributed by atoms with van der Waals surface area (Å²) in [5.41, 5.74) is 4.33. The second-order valence-corrected chi connectivity index (χ2v) is 7.49. The van der Waals surface area contributed by atoms with E-state index in [2.05, 4.69) is 42.6 Å². The molecule has 2 heterocycles. The van der Waals surface area contributed by atoms with Crippen LogP contribution in [0, 0.1) is 12.8 Å². The zero-order valence-corrected chi connectivity index (χ0v) is 15.5. The fourth-order valence-electron chi connectivity index (χ4n) is 4.33. The van der Waals surface area contributed by atoms with E-state index < -0.39 is 0 Å². The number of aryl methyl sites for hydroxylation is 1. The number of amides is 1. The second-order valence-electron chi connectivity index (χ2n) is 7.49. The number of piperidine rings is 1. The largest absolute Gasteiger partial charge is 0.329 e. The molecule has 1 N–H and O–H groups in total. The van der Waals surface area contributed by atoms with E-state index in [4.69, 9.17) is 4.99 Å². The molecule has 2 atom stereocenters. The number of quaternary nitrogens is 1. The molecule has 0 saturated carbocycles. The lowest BCUT2D eigenvalue weighted by Crippen LogP contribution is -2.59. The zero-order chi connectivity index (χ0) is 18.1. The van der Waals surface area contributed by atoms with E-state index >= 15 is 0 Å². The Balaban J connectivity index is 1.82. The van der Waals surface area contributed by atoms with E-state index in [1.165, 1.54) is 11.1 Å². The Morgan fingerprint density at radius 1 is 1.19 bits per heavy atom. The Kier molecular flexibility index (Phi) is 4.47. The number of nitrogens with one attached hydrogen (secondary N) is 1. The first-order valence-electron chi connectivity index (χ1n) is 9.45. The molecule has 2 aliphatic heterocycles. The summed E-state index contributed by atoms with van der Waals surface area (Å²) >= 11 is 0. The highest BCUT2D eigenvalue weighted by atomic mass is 16.2. The summed E-state index contributed by atoms with van der Waals surface area (Å²) in [6.07, 6.45) is 2.01. The highest BCUT2D eigenvalue weighted by molar-refractivity contribution is 6.16. The van der Waals surface area contributed by atoms with Gasteiger partial charge in [-0.1, -0.05) is 42.0 Å². The van der Waals surface area contributed by atoms with Gasteiger partial charge in [0.2, 0.25) is 5.84 Å². The van der Waals surface area contributed by atoms with Crippen molar-refractivity contribution in [1.29, 1.82) is 0 Å². The molecule has 26 heavy (non-hydrogen) atoms. The Morgan fingerprint density at radius 2 is 2.04 bits per heavy atom. The molecule has 0 bridgehead atoms. The van der Waals surface area contributed by atoms with Gasteiger partial charge in [-0.15, -0.1) is 0 Å². The first kappa shape index (κ1) is 17.1. The molecule has 2 aromatic carbocycles. The van der Waals surface area contributed by atoms with Crippen molar-refractivity contribution in [2.75, 3.05) is 13.1 Å². The molecular formula is C22H26N3O+. The summed E-state index contributed by atoms with van der Waals surface area (Å²) in [4.78, 5) is 18.6. The Hall–Kier alpha value is -2.30. The molecule has 1 saturated heterocycles. The molecule has 4 nitrogen and oxygen atoms in total. The zero-order valence-electron chi connectivity index (χ0n) is 15.5. The van der Waals surface area contributed by atoms with Crippen molar-refractivity contribution in [1.82, 2.24) is 9.80 Å². The number of carbonyl (C=O) groups is 1. The second kappa shape index (κ2) is 6.78. The summed E-state index contributed by atoms with van der Waals surface area (Å²) in [7, 11) is 0. The van der Waals surface area contributed by atoms with Crippen molar-refractivity contribution in [3.63, 3.8) is 0 Å². The standard InChI is InChI=1S/C22H26N3O/c1-16-7-5-8-18(13-16)15-25(22(26)19-9-6-12-23-14-19)17(2)24-20-10-3-4-11-21(20)25/h3-5,7-8,10-11,13,19,23H,6,9,12,14-15H2,1-2H3/q+1. The molecule has 2 unspecified atom stereocenters. The number of nitrogens with zero attached hydrogens (tertiary/aromatic N) is 2. The first-order chi connectivity index (χ1) is 12.6. The number of rotatable bonds is 3. The third kappa shape index (κ3) is 2.79. The van der Waals surface area contributed by atoms with Gasteiger partial charge in [-0.25, -0.2) is 4.79 Å². The van der Waals surface area contributed by atoms with Gasteiger partial charge in [0.1, 0.15) is 12.2 Å². The smallest absolute Gasteiger partial charge is 0.316 e. The Bertz CT molecular complexity index is 867. The van der Waals surface area contributed by atoms with Gasteiger partial charge in [0, 0.05) is 25.1 Å². The van der Waals surface area contributed by atoms with Crippen LogP contribution in [-0.4, -0.2) is 24.8 Å². The van der Waals surface area contributed by atoms with Crippen molar-refractivity contribution in [3.8, 4) is 0 Å². The van der Waals surface area contributed by atoms with Crippen LogP contribution in [0.15, 0.2) is 53.5 Å². The first-order valence-corrected chi connectivity index (χ1v) is 9.45. The number of hydrogen-bond acceptors (Lipinski definition) is 3. The number of hydrogen-bond donors (Lipinski definition) is 1. The van der Waals surface area contributed by atoms with Crippen LogP contribution in [0.25, 0.3) is 0 Å². The quantitative estimate of drug-likeness (QED) is 0.849. The fraction of sp³-hybridized carbons (Fsp3) is 0.364. The third-order valence-electron chi connectivity index (χ3n) is 5.65. The molecule has 0 radical (unpaired) electrons. The summed E-state index contributed by atoms with van der Waals surface area (Å²) in [6, 6.07) is 16.6. The normalized spacial score (nSPS) is 24.8. The van der Waals surface area contributed by atoms with Crippen LogP contribution in [0.3, 0.4) is 0 Å². The highest BCUT2D eigenvalue weighted by Gasteiger charge is 2.50. The van der Waals surface area contributed by atoms with Crippen molar-refractivity contribution in [2.45, 2.75) is 33.2 Å². The molecule has 2 aromatic rings. The maximum Gasteiger partial charge on any atom is 0.329 e. The van der Waals surface area contributed by atoms with Crippen LogP contribution in [0.4, 0.5) is 11.4 Å². The van der Waals surface area contributed by atoms with E-state index in [9.17, 15) is 4.79 Å². The summed E-state index contributed by atoms with van der Waals surface area (Å²) < 4.78 is 0.228. The number of carbonyl (C=O) groups excluding carboxylic acids is 1. The molecule has 0 aromatic heterocycles. The van der Waals surface area contributed by atoms with Crippen molar-refractivity contribution in [3.05, 3.63) is 59.7 Å². The Labute approximate surface area is 155 Å². The van der Waals surface area contributed by atoms with Gasteiger partial charge in [-0.05, 0) is 32.4 Å². The number of benzene rings is 2. The van der Waals surface area contributed by atoms with E-state index in [0.717, 1.165) is 43.1 Å². The molecule has 2 aliphatic rings. The van der Waals surface area contributed by atoms with Crippen LogP contribution >= 0.6 is 0 Å². The van der Waals surface area contributed by atoms with Gasteiger partial charge in [-0.2, -0.15) is 9.48 Å². The molecule has 4 heteroatoms. The highest BCUT2D eigenvalue weighted by Crippen LogP contribution is 2.43. The van der Waals surface area contributed by atoms with Crippen molar-refractivity contribution < 1.29 is 4.79 Å². The predicted molar refractivity (Wildman–Crippen MR) is 106 cm³/mol. The van der Waals surface area contributed by atoms with Crippen LogP contribution < -0.4 is 9.80 Å². The molecule has 1 fully saturated rings. The minimum Gasteiger partial charge on any atom is -0.316 e. The number of aliphatic imine (C=N–C) groups is 1. The maximum atomic E-state index is 13.8. The van der Waals surface area contributed by atoms with E-state index in [-0.39, 0.29) is 16.3 Å². The van der Waals surface area contributed by atoms with Gasteiger partial charge in [0.25, 0.3) is 0 Å². The Morgan fingerprint density at radius 3 is 2.81 bits per heavy atom. The van der Waals surface area contributed by atoms with E-state index in [1.54, 1.807) is 0 Å². The monoisotopic (exact) mass is 348 g/mol. The molecule has 134 valence electrons. The number of para-hydroxylation sites is 2. The summed E-state index contributed by atoms with van der Waals surface area (Å²) in [5, 5.41) is 3.40. The SMILES string of the molecule is CC1=Nc2ccccc2[N+]1(Cc1cccc(C)c1)C(=O)C1CCCNC1. The third-order valence-corrected chi connectivity index (χ3v) is 5.65. The lowest BCUT2D eigenvalue weighted by molar-refractivity contribution is -0.131. The van der Waals surface area contributed by atoms with Crippen LogP contribution in [0.2, 0.25) is 0 Å². The number of amidine groups is 1. The van der Waals surface area contributed by atoms with Gasteiger partial charge in [0.05, 0.1) is 5.92 Å². The summed E-state index contributed by atoms with van der Waals surface area (Å²) in [6.45, 7) is 6.50. The van der Waals surface area contributed by atoms with Crippen LogP contribution in [0.1, 0.15) is 30.9 Å². The van der Waals surface area contributed by atoms with Gasteiger partial charge in [-0.3, -0.25) is 0 Å². The van der Waals surface area contributed by atoms with Gasteiger partial charge < -0.3 is 5.32 Å². The minimum absolute atomic E-state index is 0.0323. The molecule has 1 amide bonds. The van der Waals surface area contributed by atoms with Crippen LogP contribution in [-0.2, 0) is 11.3 Å². The molecular weight excluding hydrogens is 322 g/mol.